The van der Waals surface area contributed by atoms with Crippen LogP contribution in [0.2, 0.25) is 0 Å². The summed E-state index contributed by atoms with van der Waals surface area (Å²) in [6.07, 6.45) is 0.249. The van der Waals surface area contributed by atoms with Crippen molar-refractivity contribution in [2.24, 2.45) is 0 Å². The number of amides is 2. The quantitative estimate of drug-likeness (QED) is 0.811. The largest absolute Gasteiger partial charge is 0.326 e. The lowest BCUT2D eigenvalue weighted by molar-refractivity contribution is -0.117. The van der Waals surface area contributed by atoms with Gasteiger partial charge >= 0.3 is 0 Å². The average molecular weight is 352 g/mol. The molecule has 2 aromatic rings. The summed E-state index contributed by atoms with van der Waals surface area (Å²) in [5.74, 6) is 0.151. The number of benzene rings is 2. The number of aryl methyl sites for hydroxylation is 2. The molecule has 26 heavy (non-hydrogen) atoms. The summed E-state index contributed by atoms with van der Waals surface area (Å²) in [5, 5.41) is 2.93. The van der Waals surface area contributed by atoms with Crippen molar-refractivity contribution in [1.82, 2.24) is 0 Å². The third kappa shape index (κ3) is 5.19. The molecule has 138 valence electrons. The van der Waals surface area contributed by atoms with Crippen molar-refractivity contribution < 1.29 is 9.59 Å². The van der Waals surface area contributed by atoms with Crippen molar-refractivity contribution in [2.75, 3.05) is 16.8 Å². The van der Waals surface area contributed by atoms with Crippen LogP contribution in [-0.2, 0) is 9.59 Å². The van der Waals surface area contributed by atoms with Crippen LogP contribution < -0.4 is 10.2 Å². The van der Waals surface area contributed by atoms with Crippen LogP contribution in [0.3, 0.4) is 0 Å². The zero-order valence-corrected chi connectivity index (χ0v) is 16.3. The van der Waals surface area contributed by atoms with Gasteiger partial charge in [0.2, 0.25) is 11.8 Å². The van der Waals surface area contributed by atoms with Crippen LogP contribution in [0.1, 0.15) is 49.8 Å². The smallest absolute Gasteiger partial charge is 0.226 e. The molecule has 0 fully saturated rings. The normalized spacial score (nSPS) is 10.7. The number of anilines is 2. The van der Waals surface area contributed by atoms with Crippen LogP contribution in [0.4, 0.5) is 11.4 Å². The second-order valence-electron chi connectivity index (χ2n) is 7.06. The number of carbonyl (C=O) groups is 2. The summed E-state index contributed by atoms with van der Waals surface area (Å²) in [6, 6.07) is 13.8. The van der Waals surface area contributed by atoms with E-state index >= 15 is 0 Å². The molecule has 2 rings (SSSR count). The van der Waals surface area contributed by atoms with Gasteiger partial charge in [0.05, 0.1) is 0 Å². The molecule has 0 radical (unpaired) electrons. The molecule has 1 N–H and O–H groups in total. The van der Waals surface area contributed by atoms with Gasteiger partial charge in [-0.3, -0.25) is 9.59 Å². The summed E-state index contributed by atoms with van der Waals surface area (Å²) >= 11 is 0. The monoisotopic (exact) mass is 352 g/mol. The van der Waals surface area contributed by atoms with Crippen molar-refractivity contribution in [3.8, 4) is 0 Å². The Hall–Kier alpha value is -2.62. The first-order valence-corrected chi connectivity index (χ1v) is 9.03. The Morgan fingerprint density at radius 2 is 1.65 bits per heavy atom. The summed E-state index contributed by atoms with van der Waals surface area (Å²) in [5.41, 5.74) is 5.00. The molecule has 4 nitrogen and oxygen atoms in total. The summed E-state index contributed by atoms with van der Waals surface area (Å²) in [6.45, 7) is 10.1. The van der Waals surface area contributed by atoms with Gasteiger partial charge in [0.25, 0.3) is 0 Å². The van der Waals surface area contributed by atoms with Gasteiger partial charge in [0.1, 0.15) is 0 Å². The zero-order valence-electron chi connectivity index (χ0n) is 16.3. The maximum Gasteiger partial charge on any atom is 0.226 e. The molecule has 2 amide bonds. The highest BCUT2D eigenvalue weighted by atomic mass is 16.2. The topological polar surface area (TPSA) is 49.4 Å². The second kappa shape index (κ2) is 8.65. The van der Waals surface area contributed by atoms with E-state index in [2.05, 4.69) is 25.2 Å². The van der Waals surface area contributed by atoms with E-state index in [0.29, 0.717) is 12.5 Å². The number of hydrogen-bond donors (Lipinski definition) is 1. The fourth-order valence-electron chi connectivity index (χ4n) is 3.15. The molecule has 4 heteroatoms. The van der Waals surface area contributed by atoms with E-state index in [1.807, 2.05) is 50.2 Å². The second-order valence-corrected chi connectivity index (χ2v) is 7.06. The number of rotatable bonds is 6. The number of para-hydroxylation sites is 1. The number of nitrogens with zero attached hydrogens (tertiary/aromatic N) is 1. The van der Waals surface area contributed by atoms with Crippen molar-refractivity contribution in [3.05, 3.63) is 59.2 Å². The van der Waals surface area contributed by atoms with Crippen molar-refractivity contribution in [1.29, 1.82) is 0 Å². The molecule has 0 spiro atoms. The Kier molecular flexibility index (Phi) is 6.56. The van der Waals surface area contributed by atoms with Gasteiger partial charge in [-0.15, -0.1) is 0 Å². The van der Waals surface area contributed by atoms with E-state index in [4.69, 9.17) is 0 Å². The predicted molar refractivity (Wildman–Crippen MR) is 108 cm³/mol. The molecule has 0 aliphatic heterocycles. The first-order chi connectivity index (χ1) is 12.3. The van der Waals surface area contributed by atoms with Crippen LogP contribution in [0.15, 0.2) is 42.5 Å². The number of nitrogens with one attached hydrogen (secondary N) is 1. The van der Waals surface area contributed by atoms with Gasteiger partial charge in [0.15, 0.2) is 0 Å². The maximum atomic E-state index is 12.4. The third-order valence-electron chi connectivity index (χ3n) is 4.30. The van der Waals surface area contributed by atoms with E-state index in [1.165, 1.54) is 0 Å². The lowest BCUT2D eigenvalue weighted by atomic mass is 10.0. The minimum absolute atomic E-state index is 0.0581. The molecule has 0 aliphatic rings. The van der Waals surface area contributed by atoms with E-state index in [-0.39, 0.29) is 18.2 Å². The molecular weight excluding hydrogens is 324 g/mol. The SMILES string of the molecule is CC(=O)N(CCC(=O)Nc1cc(C)cc(C)c1)c1ccccc1C(C)C. The average Bonchev–Trinajstić information content (AvgIpc) is 2.54. The number of hydrogen-bond acceptors (Lipinski definition) is 2. The van der Waals surface area contributed by atoms with Gasteiger partial charge in [-0.1, -0.05) is 38.1 Å². The van der Waals surface area contributed by atoms with Crippen LogP contribution in [0.25, 0.3) is 0 Å². The first-order valence-electron chi connectivity index (χ1n) is 9.03. The Labute approximate surface area is 156 Å². The lowest BCUT2D eigenvalue weighted by Crippen LogP contribution is -2.32. The van der Waals surface area contributed by atoms with Gasteiger partial charge in [0, 0.05) is 31.3 Å². The fourth-order valence-corrected chi connectivity index (χ4v) is 3.15. The highest BCUT2D eigenvalue weighted by Gasteiger charge is 2.18. The molecule has 0 bridgehead atoms. The Morgan fingerprint density at radius 3 is 2.23 bits per heavy atom. The molecular formula is C22H28N2O2. The summed E-state index contributed by atoms with van der Waals surface area (Å²) in [7, 11) is 0. The lowest BCUT2D eigenvalue weighted by Gasteiger charge is -2.25. The fraction of sp³-hybridized carbons (Fsp3) is 0.364. The Balaban J connectivity index is 2.09. The molecule has 0 heterocycles. The molecule has 0 atom stereocenters. The van der Waals surface area contributed by atoms with Crippen molar-refractivity contribution >= 4 is 23.2 Å². The zero-order chi connectivity index (χ0) is 19.3. The van der Waals surface area contributed by atoms with Gasteiger partial charge < -0.3 is 10.2 Å². The molecule has 0 aliphatic carbocycles. The van der Waals surface area contributed by atoms with E-state index in [9.17, 15) is 9.59 Å². The van der Waals surface area contributed by atoms with Gasteiger partial charge in [-0.05, 0) is 54.7 Å². The molecule has 0 saturated carbocycles. The molecule has 0 saturated heterocycles. The van der Waals surface area contributed by atoms with E-state index < -0.39 is 0 Å². The van der Waals surface area contributed by atoms with Crippen LogP contribution in [0, 0.1) is 13.8 Å². The Bertz CT molecular complexity index is 776. The predicted octanol–water partition coefficient (Wildman–Crippen LogP) is 4.81. The summed E-state index contributed by atoms with van der Waals surface area (Å²) in [4.78, 5) is 26.2. The highest BCUT2D eigenvalue weighted by molar-refractivity contribution is 5.95. The van der Waals surface area contributed by atoms with Gasteiger partial charge in [-0.25, -0.2) is 0 Å². The van der Waals surface area contributed by atoms with E-state index in [1.54, 1.807) is 11.8 Å². The molecule has 0 aromatic heterocycles. The Morgan fingerprint density at radius 1 is 1.04 bits per heavy atom. The third-order valence-corrected chi connectivity index (χ3v) is 4.30. The summed E-state index contributed by atoms with van der Waals surface area (Å²) < 4.78 is 0. The molecule has 0 unspecified atom stereocenters. The minimum atomic E-state index is -0.0942. The van der Waals surface area contributed by atoms with Crippen molar-refractivity contribution in [3.63, 3.8) is 0 Å². The highest BCUT2D eigenvalue weighted by Crippen LogP contribution is 2.27. The van der Waals surface area contributed by atoms with Crippen LogP contribution in [0.5, 0.6) is 0 Å². The maximum absolute atomic E-state index is 12.4. The van der Waals surface area contributed by atoms with Crippen LogP contribution in [-0.4, -0.2) is 18.4 Å². The molecule has 2 aromatic carbocycles. The van der Waals surface area contributed by atoms with Crippen LogP contribution >= 0.6 is 0 Å². The van der Waals surface area contributed by atoms with E-state index in [0.717, 1.165) is 28.1 Å². The standard InChI is InChI=1S/C22H28N2O2/c1-15(2)20-8-6-7-9-21(20)24(18(5)25)11-10-22(26)23-19-13-16(3)12-17(4)14-19/h6-9,12-15H,10-11H2,1-5H3,(H,23,26). The first kappa shape index (κ1) is 19.7. The van der Waals surface area contributed by atoms with Gasteiger partial charge in [-0.2, -0.15) is 0 Å². The minimum Gasteiger partial charge on any atom is -0.326 e. The van der Waals surface area contributed by atoms with Crippen molar-refractivity contribution in [2.45, 2.75) is 47.0 Å². The number of carbonyl (C=O) groups excluding carboxylic acids is 2.